The number of halogens is 3. The van der Waals surface area contributed by atoms with Crippen LogP contribution in [0.5, 0.6) is 0 Å². The van der Waals surface area contributed by atoms with Crippen LogP contribution in [-0.4, -0.2) is 16.0 Å². The third-order valence-electron chi connectivity index (χ3n) is 3.41. The molecule has 1 fully saturated rings. The van der Waals surface area contributed by atoms with E-state index in [1.165, 1.54) is 23.0 Å². The Hall–Kier alpha value is -1.78. The maximum Gasteiger partial charge on any atom is 0.261 e. The summed E-state index contributed by atoms with van der Waals surface area (Å²) in [5.74, 6) is -0.329. The molecule has 0 N–H and O–H groups in total. The largest absolute Gasteiger partial charge is 0.325 e. The van der Waals surface area contributed by atoms with Gasteiger partial charge in [0, 0.05) is 11.8 Å². The van der Waals surface area contributed by atoms with Crippen LogP contribution in [0.25, 0.3) is 11.3 Å². The molecule has 5 heteroatoms. The van der Waals surface area contributed by atoms with E-state index in [9.17, 15) is 13.2 Å². The summed E-state index contributed by atoms with van der Waals surface area (Å²) in [5, 5.41) is 0. The Kier molecular flexibility index (Phi) is 2.43. The number of aromatic nitrogens is 2. The smallest absolute Gasteiger partial charge is 0.261 e. The van der Waals surface area contributed by atoms with Gasteiger partial charge in [0.1, 0.15) is 11.4 Å². The van der Waals surface area contributed by atoms with Gasteiger partial charge in [0.2, 0.25) is 0 Å². The van der Waals surface area contributed by atoms with Crippen LogP contribution >= 0.6 is 0 Å². The summed E-state index contributed by atoms with van der Waals surface area (Å²) in [6.45, 7) is 0. The third kappa shape index (κ3) is 1.70. The maximum atomic E-state index is 12.9. The molecule has 1 heterocycles. The van der Waals surface area contributed by atoms with Gasteiger partial charge < -0.3 is 4.57 Å². The average molecular weight is 252 g/mol. The van der Waals surface area contributed by atoms with Crippen molar-refractivity contribution < 1.29 is 13.2 Å². The highest BCUT2D eigenvalue weighted by Crippen LogP contribution is 2.48. The Morgan fingerprint density at radius 3 is 2.39 bits per heavy atom. The first kappa shape index (κ1) is 11.3. The van der Waals surface area contributed by atoms with Crippen LogP contribution in [0.15, 0.2) is 36.8 Å². The van der Waals surface area contributed by atoms with E-state index in [1.54, 1.807) is 18.3 Å². The first-order chi connectivity index (χ1) is 8.62. The topological polar surface area (TPSA) is 17.8 Å². The van der Waals surface area contributed by atoms with Gasteiger partial charge in [0.25, 0.3) is 6.43 Å². The normalized spacial score (nSPS) is 17.1. The second kappa shape index (κ2) is 3.86. The fourth-order valence-corrected chi connectivity index (χ4v) is 2.05. The van der Waals surface area contributed by atoms with Crippen molar-refractivity contribution in [3.63, 3.8) is 0 Å². The summed E-state index contributed by atoms with van der Waals surface area (Å²) >= 11 is 0. The number of nitrogens with zero attached hydrogens (tertiary/aromatic N) is 2. The van der Waals surface area contributed by atoms with Crippen molar-refractivity contribution in [1.29, 1.82) is 0 Å². The molecule has 0 atom stereocenters. The Morgan fingerprint density at radius 2 is 1.83 bits per heavy atom. The van der Waals surface area contributed by atoms with Crippen molar-refractivity contribution in [1.82, 2.24) is 9.55 Å². The fourth-order valence-electron chi connectivity index (χ4n) is 2.05. The molecule has 0 bridgehead atoms. The molecule has 1 aromatic carbocycles. The molecule has 0 radical (unpaired) electrons. The third-order valence-corrected chi connectivity index (χ3v) is 3.41. The molecular formula is C13H11F3N2. The lowest BCUT2D eigenvalue weighted by Crippen LogP contribution is -2.24. The molecule has 0 saturated heterocycles. The molecule has 2 aromatic rings. The lowest BCUT2D eigenvalue weighted by atomic mass is 10.2. The van der Waals surface area contributed by atoms with Gasteiger partial charge in [-0.25, -0.2) is 18.2 Å². The highest BCUT2D eigenvalue weighted by molar-refractivity contribution is 5.58. The van der Waals surface area contributed by atoms with Crippen LogP contribution in [-0.2, 0) is 5.54 Å². The van der Waals surface area contributed by atoms with E-state index >= 15 is 0 Å². The zero-order chi connectivity index (χ0) is 12.8. The van der Waals surface area contributed by atoms with Gasteiger partial charge in [0.05, 0.1) is 12.0 Å². The van der Waals surface area contributed by atoms with E-state index in [0.717, 1.165) is 5.56 Å². The van der Waals surface area contributed by atoms with E-state index < -0.39 is 12.0 Å². The zero-order valence-corrected chi connectivity index (χ0v) is 9.48. The van der Waals surface area contributed by atoms with Crippen molar-refractivity contribution in [3.05, 3.63) is 42.6 Å². The van der Waals surface area contributed by atoms with Crippen molar-refractivity contribution in [2.24, 2.45) is 0 Å². The number of hydrogen-bond donors (Lipinski definition) is 0. The Balaban J connectivity index is 1.92. The highest BCUT2D eigenvalue weighted by Gasteiger charge is 2.52. The minimum absolute atomic E-state index is 0.329. The van der Waals surface area contributed by atoms with Gasteiger partial charge >= 0.3 is 0 Å². The molecule has 1 aliphatic rings. The Labute approximate surface area is 102 Å². The molecule has 1 aromatic heterocycles. The number of rotatable bonds is 3. The van der Waals surface area contributed by atoms with Gasteiger partial charge in [0.15, 0.2) is 0 Å². The van der Waals surface area contributed by atoms with Crippen LogP contribution < -0.4 is 0 Å². The minimum atomic E-state index is -2.38. The summed E-state index contributed by atoms with van der Waals surface area (Å²) in [4.78, 5) is 4.11. The zero-order valence-electron chi connectivity index (χ0n) is 9.48. The number of hydrogen-bond acceptors (Lipinski definition) is 1. The van der Waals surface area contributed by atoms with Gasteiger partial charge in [-0.3, -0.25) is 0 Å². The van der Waals surface area contributed by atoms with E-state index in [1.807, 2.05) is 0 Å². The van der Waals surface area contributed by atoms with E-state index in [4.69, 9.17) is 0 Å². The van der Waals surface area contributed by atoms with Gasteiger partial charge in [-0.2, -0.15) is 0 Å². The molecule has 0 spiro atoms. The second-order valence-electron chi connectivity index (χ2n) is 4.58. The van der Waals surface area contributed by atoms with Gasteiger partial charge in [-0.1, -0.05) is 0 Å². The van der Waals surface area contributed by atoms with Crippen LogP contribution in [0.2, 0.25) is 0 Å². The monoisotopic (exact) mass is 252 g/mol. The first-order valence-corrected chi connectivity index (χ1v) is 5.70. The SMILES string of the molecule is Fc1ccc(-c2cn(C3(C(F)F)CC3)cn2)cc1. The summed E-state index contributed by atoms with van der Waals surface area (Å²) in [7, 11) is 0. The van der Waals surface area contributed by atoms with Crippen LogP contribution in [0.3, 0.4) is 0 Å². The van der Waals surface area contributed by atoms with Gasteiger partial charge in [-0.05, 0) is 37.1 Å². The molecule has 2 nitrogen and oxygen atoms in total. The summed E-state index contributed by atoms with van der Waals surface area (Å²) < 4.78 is 40.1. The number of imidazole rings is 1. The summed E-state index contributed by atoms with van der Waals surface area (Å²) in [6, 6.07) is 5.83. The lowest BCUT2D eigenvalue weighted by molar-refractivity contribution is 0.0671. The molecule has 1 aliphatic carbocycles. The van der Waals surface area contributed by atoms with Crippen molar-refractivity contribution in [3.8, 4) is 11.3 Å². The van der Waals surface area contributed by atoms with Crippen molar-refractivity contribution in [2.75, 3.05) is 0 Å². The second-order valence-corrected chi connectivity index (χ2v) is 4.58. The molecule has 0 amide bonds. The molecule has 18 heavy (non-hydrogen) atoms. The highest BCUT2D eigenvalue weighted by atomic mass is 19.3. The molecule has 0 unspecified atom stereocenters. The lowest BCUT2D eigenvalue weighted by Gasteiger charge is -2.14. The fraction of sp³-hybridized carbons (Fsp3) is 0.308. The number of alkyl halides is 2. The summed E-state index contributed by atoms with van der Waals surface area (Å²) in [5.41, 5.74) is 0.243. The van der Waals surface area contributed by atoms with E-state index in [0.29, 0.717) is 18.5 Å². The Morgan fingerprint density at radius 1 is 1.17 bits per heavy atom. The predicted octanol–water partition coefficient (Wildman–Crippen LogP) is 3.44. The van der Waals surface area contributed by atoms with Crippen LogP contribution in [0.4, 0.5) is 13.2 Å². The van der Waals surface area contributed by atoms with Crippen LogP contribution in [0.1, 0.15) is 12.8 Å². The molecule has 1 saturated carbocycles. The standard InChI is InChI=1S/C13H11F3N2/c14-10-3-1-9(2-4-10)11-7-18(8-17-11)13(5-6-13)12(15)16/h1-4,7-8,12H,5-6H2. The van der Waals surface area contributed by atoms with Gasteiger partial charge in [-0.15, -0.1) is 0 Å². The van der Waals surface area contributed by atoms with E-state index in [-0.39, 0.29) is 5.82 Å². The Bertz CT molecular complexity index is 556. The average Bonchev–Trinajstić information content (AvgIpc) is 3.03. The van der Waals surface area contributed by atoms with E-state index in [2.05, 4.69) is 4.98 Å². The van der Waals surface area contributed by atoms with Crippen molar-refractivity contribution >= 4 is 0 Å². The molecule has 3 rings (SSSR count). The van der Waals surface area contributed by atoms with Crippen molar-refractivity contribution in [2.45, 2.75) is 24.8 Å². The quantitative estimate of drug-likeness (QED) is 0.818. The van der Waals surface area contributed by atoms with Crippen LogP contribution in [0, 0.1) is 5.82 Å². The molecular weight excluding hydrogens is 241 g/mol. The maximum absolute atomic E-state index is 12.9. The predicted molar refractivity (Wildman–Crippen MR) is 60.8 cm³/mol. The minimum Gasteiger partial charge on any atom is -0.325 e. The number of benzene rings is 1. The molecule has 0 aliphatic heterocycles. The summed E-state index contributed by atoms with van der Waals surface area (Å²) in [6.07, 6.45) is 1.60. The molecule has 94 valence electrons. The first-order valence-electron chi connectivity index (χ1n) is 5.70.